The molecule has 0 aromatic carbocycles. The maximum atomic E-state index is 12.1. The molecule has 3 aliphatic rings. The number of likely N-dealkylation sites (tertiary alicyclic amines) is 1. The van der Waals surface area contributed by atoms with Crippen LogP contribution >= 0.6 is 0 Å². The van der Waals surface area contributed by atoms with Crippen LogP contribution in [0.4, 0.5) is 4.79 Å². The summed E-state index contributed by atoms with van der Waals surface area (Å²) in [6.45, 7) is 8.95. The summed E-state index contributed by atoms with van der Waals surface area (Å²) in [6, 6.07) is 0. The molecule has 1 spiro atoms. The van der Waals surface area contributed by atoms with E-state index < -0.39 is 5.60 Å². The predicted molar refractivity (Wildman–Crippen MR) is 91.7 cm³/mol. The van der Waals surface area contributed by atoms with E-state index in [1.807, 2.05) is 25.7 Å². The van der Waals surface area contributed by atoms with Gasteiger partial charge in [-0.2, -0.15) is 0 Å². The van der Waals surface area contributed by atoms with Crippen molar-refractivity contribution >= 4 is 6.09 Å². The molecule has 0 atom stereocenters. The highest BCUT2D eigenvalue weighted by atomic mass is 16.7. The molecule has 138 valence electrons. The molecule has 5 nitrogen and oxygen atoms in total. The van der Waals surface area contributed by atoms with Gasteiger partial charge in [-0.1, -0.05) is 0 Å². The molecule has 0 N–H and O–H groups in total. The molecule has 24 heavy (non-hydrogen) atoms. The average Bonchev–Trinajstić information content (AvgIpc) is 2.97. The Hall–Kier alpha value is -0.810. The fourth-order valence-corrected chi connectivity index (χ4v) is 4.29. The molecule has 2 heterocycles. The van der Waals surface area contributed by atoms with Gasteiger partial charge >= 0.3 is 6.09 Å². The van der Waals surface area contributed by atoms with Crippen molar-refractivity contribution in [1.29, 1.82) is 0 Å². The number of carbonyl (C=O) groups excluding carboxylic acids is 1. The van der Waals surface area contributed by atoms with Crippen LogP contribution in [-0.4, -0.2) is 48.7 Å². The number of carbonyl (C=O) groups is 1. The van der Waals surface area contributed by atoms with Crippen LogP contribution in [-0.2, 0) is 14.2 Å². The maximum Gasteiger partial charge on any atom is 0.410 e. The van der Waals surface area contributed by atoms with E-state index in [4.69, 9.17) is 14.2 Å². The molecule has 1 aliphatic carbocycles. The highest BCUT2D eigenvalue weighted by Crippen LogP contribution is 2.41. The molecule has 1 saturated carbocycles. The van der Waals surface area contributed by atoms with Crippen LogP contribution in [0.1, 0.15) is 65.7 Å². The van der Waals surface area contributed by atoms with E-state index in [1.165, 1.54) is 19.3 Å². The van der Waals surface area contributed by atoms with E-state index in [0.717, 1.165) is 63.8 Å². The lowest BCUT2D eigenvalue weighted by molar-refractivity contribution is -0.183. The SMILES string of the molecule is CC(C)(C)OC(=O)N1CCC(CC2CCC3(CC2)OCCO3)CC1. The molecule has 2 saturated heterocycles. The van der Waals surface area contributed by atoms with Gasteiger partial charge in [0.05, 0.1) is 13.2 Å². The lowest BCUT2D eigenvalue weighted by Crippen LogP contribution is -2.42. The van der Waals surface area contributed by atoms with Gasteiger partial charge in [0, 0.05) is 25.9 Å². The van der Waals surface area contributed by atoms with Crippen molar-refractivity contribution in [2.24, 2.45) is 11.8 Å². The maximum absolute atomic E-state index is 12.1. The standard InChI is InChI=1S/C19H33NO4/c1-18(2,3)24-17(21)20-10-6-16(7-11-20)14-15-4-8-19(9-5-15)22-12-13-23-19/h15-16H,4-14H2,1-3H3. The molecular weight excluding hydrogens is 306 g/mol. The van der Waals surface area contributed by atoms with Gasteiger partial charge in [0.15, 0.2) is 5.79 Å². The number of hydrogen-bond acceptors (Lipinski definition) is 4. The summed E-state index contributed by atoms with van der Waals surface area (Å²) in [7, 11) is 0. The van der Waals surface area contributed by atoms with Crippen LogP contribution in [0.15, 0.2) is 0 Å². The van der Waals surface area contributed by atoms with Crippen LogP contribution in [0, 0.1) is 11.8 Å². The first-order valence-electron chi connectivity index (χ1n) is 9.61. The van der Waals surface area contributed by atoms with Crippen molar-refractivity contribution in [2.45, 2.75) is 77.1 Å². The zero-order chi connectivity index (χ0) is 17.2. The van der Waals surface area contributed by atoms with Crippen molar-refractivity contribution in [3.8, 4) is 0 Å². The minimum Gasteiger partial charge on any atom is -0.444 e. The van der Waals surface area contributed by atoms with E-state index in [-0.39, 0.29) is 11.9 Å². The second-order valence-corrected chi connectivity index (χ2v) is 8.70. The van der Waals surface area contributed by atoms with Gasteiger partial charge in [0.1, 0.15) is 5.60 Å². The number of amides is 1. The molecule has 0 bridgehead atoms. The zero-order valence-corrected chi connectivity index (χ0v) is 15.5. The predicted octanol–water partition coefficient (Wildman–Crippen LogP) is 3.96. The quantitative estimate of drug-likeness (QED) is 0.764. The highest BCUT2D eigenvalue weighted by molar-refractivity contribution is 5.68. The van der Waals surface area contributed by atoms with Gasteiger partial charge in [0.2, 0.25) is 0 Å². The van der Waals surface area contributed by atoms with Crippen molar-refractivity contribution in [2.75, 3.05) is 26.3 Å². The third-order valence-electron chi connectivity index (χ3n) is 5.61. The largest absolute Gasteiger partial charge is 0.444 e. The Morgan fingerprint density at radius 3 is 2.12 bits per heavy atom. The average molecular weight is 339 g/mol. The van der Waals surface area contributed by atoms with Crippen LogP contribution < -0.4 is 0 Å². The third-order valence-corrected chi connectivity index (χ3v) is 5.61. The minimum atomic E-state index is -0.406. The lowest BCUT2D eigenvalue weighted by Gasteiger charge is -2.38. The second kappa shape index (κ2) is 7.20. The summed E-state index contributed by atoms with van der Waals surface area (Å²) < 4.78 is 17.1. The van der Waals surface area contributed by atoms with Gasteiger partial charge in [-0.25, -0.2) is 4.79 Å². The number of hydrogen-bond donors (Lipinski definition) is 0. The topological polar surface area (TPSA) is 48.0 Å². The Kier molecular flexibility index (Phi) is 5.40. The minimum absolute atomic E-state index is 0.156. The summed E-state index contributed by atoms with van der Waals surface area (Å²) in [5.74, 6) is 1.30. The fourth-order valence-electron chi connectivity index (χ4n) is 4.29. The van der Waals surface area contributed by atoms with E-state index in [0.29, 0.717) is 0 Å². The van der Waals surface area contributed by atoms with E-state index in [2.05, 4.69) is 0 Å². The van der Waals surface area contributed by atoms with Crippen molar-refractivity contribution < 1.29 is 19.0 Å². The smallest absolute Gasteiger partial charge is 0.410 e. The Morgan fingerprint density at radius 2 is 1.58 bits per heavy atom. The van der Waals surface area contributed by atoms with Crippen LogP contribution in [0.5, 0.6) is 0 Å². The van der Waals surface area contributed by atoms with Crippen molar-refractivity contribution in [3.63, 3.8) is 0 Å². The Balaban J connectivity index is 1.38. The molecule has 5 heteroatoms. The molecule has 3 fully saturated rings. The van der Waals surface area contributed by atoms with Gasteiger partial charge < -0.3 is 19.1 Å². The molecular formula is C19H33NO4. The summed E-state index contributed by atoms with van der Waals surface area (Å²) in [5.41, 5.74) is -0.406. The van der Waals surface area contributed by atoms with Crippen LogP contribution in [0.2, 0.25) is 0 Å². The van der Waals surface area contributed by atoms with Gasteiger partial charge in [0.25, 0.3) is 0 Å². The molecule has 0 radical (unpaired) electrons. The van der Waals surface area contributed by atoms with Gasteiger partial charge in [-0.3, -0.25) is 0 Å². The van der Waals surface area contributed by atoms with Crippen LogP contribution in [0.3, 0.4) is 0 Å². The van der Waals surface area contributed by atoms with Crippen molar-refractivity contribution in [1.82, 2.24) is 4.90 Å². The number of piperidine rings is 1. The molecule has 2 aliphatic heterocycles. The fraction of sp³-hybridized carbons (Fsp3) is 0.947. The normalized spacial score (nSPS) is 26.0. The van der Waals surface area contributed by atoms with Crippen molar-refractivity contribution in [3.05, 3.63) is 0 Å². The first-order valence-corrected chi connectivity index (χ1v) is 9.61. The zero-order valence-electron chi connectivity index (χ0n) is 15.5. The highest BCUT2D eigenvalue weighted by Gasteiger charge is 2.40. The van der Waals surface area contributed by atoms with Gasteiger partial charge in [-0.15, -0.1) is 0 Å². The van der Waals surface area contributed by atoms with Crippen LogP contribution in [0.25, 0.3) is 0 Å². The van der Waals surface area contributed by atoms with E-state index in [1.54, 1.807) is 0 Å². The number of rotatable bonds is 2. The van der Waals surface area contributed by atoms with E-state index >= 15 is 0 Å². The first-order chi connectivity index (χ1) is 11.4. The third kappa shape index (κ3) is 4.63. The molecule has 1 amide bonds. The summed E-state index contributed by atoms with van der Waals surface area (Å²) in [6.07, 6.45) is 7.87. The Morgan fingerprint density at radius 1 is 1.04 bits per heavy atom. The molecule has 0 aromatic heterocycles. The molecule has 3 rings (SSSR count). The number of ether oxygens (including phenoxy) is 3. The summed E-state index contributed by atoms with van der Waals surface area (Å²) in [4.78, 5) is 14.0. The number of nitrogens with zero attached hydrogens (tertiary/aromatic N) is 1. The Labute approximate surface area is 146 Å². The second-order valence-electron chi connectivity index (χ2n) is 8.70. The monoisotopic (exact) mass is 339 g/mol. The lowest BCUT2D eigenvalue weighted by atomic mass is 9.78. The summed E-state index contributed by atoms with van der Waals surface area (Å²) >= 11 is 0. The summed E-state index contributed by atoms with van der Waals surface area (Å²) in [5, 5.41) is 0. The molecule has 0 unspecified atom stereocenters. The molecule has 0 aromatic rings. The van der Waals surface area contributed by atoms with Gasteiger partial charge in [-0.05, 0) is 64.7 Å². The first kappa shape index (κ1) is 18.0. The van der Waals surface area contributed by atoms with E-state index in [9.17, 15) is 4.79 Å². The Bertz CT molecular complexity index is 421.